The average molecular weight is 369 g/mol. The van der Waals surface area contributed by atoms with Gasteiger partial charge in [0, 0.05) is 17.8 Å². The summed E-state index contributed by atoms with van der Waals surface area (Å²) >= 11 is 1.29. The smallest absolute Gasteiger partial charge is 0.387 e. The second-order valence-electron chi connectivity index (χ2n) is 5.17. The van der Waals surface area contributed by atoms with Gasteiger partial charge in [-0.25, -0.2) is 0 Å². The number of ether oxygens (including phenoxy) is 1. The number of carbonyl (C=O) groups excluding carboxylic acids is 1. The molecule has 0 aliphatic carbocycles. The molecule has 2 N–H and O–H groups in total. The Morgan fingerprint density at radius 3 is 2.48 bits per heavy atom. The van der Waals surface area contributed by atoms with E-state index in [1.54, 1.807) is 24.3 Å². The Morgan fingerprint density at radius 1 is 1.12 bits per heavy atom. The maximum atomic E-state index is 12.1. The van der Waals surface area contributed by atoms with Crippen molar-refractivity contribution in [2.24, 2.45) is 0 Å². The lowest BCUT2D eigenvalue weighted by atomic mass is 10.2. The van der Waals surface area contributed by atoms with Gasteiger partial charge in [0.1, 0.15) is 5.75 Å². The first-order valence-corrected chi connectivity index (χ1v) is 8.42. The molecular weight excluding hydrogens is 352 g/mol. The van der Waals surface area contributed by atoms with Crippen LogP contribution in [-0.2, 0) is 4.79 Å². The normalized spacial score (nSPS) is 10.7. The predicted octanol–water partition coefficient (Wildman–Crippen LogP) is 4.00. The van der Waals surface area contributed by atoms with Crippen molar-refractivity contribution in [3.8, 4) is 16.2 Å². The van der Waals surface area contributed by atoms with Crippen molar-refractivity contribution in [1.29, 1.82) is 0 Å². The summed E-state index contributed by atoms with van der Waals surface area (Å²) in [5, 5.41) is 11.3. The zero-order valence-electron chi connectivity index (χ0n) is 13.2. The highest BCUT2D eigenvalue weighted by Crippen LogP contribution is 2.29. The standard InChI is InChI=1S/C17H17F2NO4S/c18-17(19)24-12-6-4-11(5-7-12)13-8-9-14(25-13)16(23)20-10-2-1-3-15(21)22/h4-9,17H,1-3,10H2,(H,20,23)(H,21,22). The number of carboxylic acid groups (broad SMARTS) is 1. The van der Waals surface area contributed by atoms with E-state index < -0.39 is 12.6 Å². The van der Waals surface area contributed by atoms with Gasteiger partial charge in [-0.2, -0.15) is 8.78 Å². The fourth-order valence-corrected chi connectivity index (χ4v) is 3.03. The third-order valence-corrected chi connectivity index (χ3v) is 4.43. The summed E-state index contributed by atoms with van der Waals surface area (Å²) in [5.74, 6) is -0.988. The molecule has 5 nitrogen and oxygen atoms in total. The van der Waals surface area contributed by atoms with Gasteiger partial charge in [-0.3, -0.25) is 9.59 Å². The van der Waals surface area contributed by atoms with Crippen molar-refractivity contribution < 1.29 is 28.2 Å². The number of rotatable bonds is 9. The van der Waals surface area contributed by atoms with Crippen molar-refractivity contribution in [1.82, 2.24) is 5.32 Å². The monoisotopic (exact) mass is 369 g/mol. The molecule has 1 amide bonds. The number of carbonyl (C=O) groups is 2. The first-order chi connectivity index (χ1) is 12.0. The molecule has 2 aromatic rings. The van der Waals surface area contributed by atoms with Gasteiger partial charge in [-0.05, 0) is 54.8 Å². The van der Waals surface area contributed by atoms with Gasteiger partial charge in [-0.15, -0.1) is 11.3 Å². The number of hydrogen-bond acceptors (Lipinski definition) is 4. The second-order valence-corrected chi connectivity index (χ2v) is 6.26. The number of thiophene rings is 1. The highest BCUT2D eigenvalue weighted by atomic mass is 32.1. The van der Waals surface area contributed by atoms with Crippen LogP contribution in [0.1, 0.15) is 28.9 Å². The van der Waals surface area contributed by atoms with E-state index in [1.165, 1.54) is 23.5 Å². The lowest BCUT2D eigenvalue weighted by Gasteiger charge is -2.04. The molecule has 2 rings (SSSR count). The molecule has 0 saturated heterocycles. The molecule has 0 aliphatic heterocycles. The number of amides is 1. The summed E-state index contributed by atoms with van der Waals surface area (Å²) in [6.07, 6.45) is 1.20. The minimum atomic E-state index is -2.86. The summed E-state index contributed by atoms with van der Waals surface area (Å²) in [6.45, 7) is -2.45. The van der Waals surface area contributed by atoms with Gasteiger partial charge in [-0.1, -0.05) is 0 Å². The SMILES string of the molecule is O=C(O)CCCCNC(=O)c1ccc(-c2ccc(OC(F)F)cc2)s1. The lowest BCUT2D eigenvalue weighted by Crippen LogP contribution is -2.23. The average Bonchev–Trinajstić information content (AvgIpc) is 3.04. The van der Waals surface area contributed by atoms with Crippen molar-refractivity contribution in [3.63, 3.8) is 0 Å². The number of unbranched alkanes of at least 4 members (excludes halogenated alkanes) is 1. The molecule has 1 aromatic heterocycles. The van der Waals surface area contributed by atoms with Crippen LogP contribution in [0.25, 0.3) is 10.4 Å². The second kappa shape index (κ2) is 9.12. The molecule has 0 spiro atoms. The number of aliphatic carboxylic acids is 1. The van der Waals surface area contributed by atoms with Gasteiger partial charge >= 0.3 is 12.6 Å². The molecule has 0 unspecified atom stereocenters. The van der Waals surface area contributed by atoms with Crippen molar-refractivity contribution >= 4 is 23.2 Å². The Bertz CT molecular complexity index is 716. The van der Waals surface area contributed by atoms with Crippen LogP contribution in [0, 0.1) is 0 Å². The Balaban J connectivity index is 1.88. The first kappa shape index (κ1) is 18.9. The zero-order chi connectivity index (χ0) is 18.2. The van der Waals surface area contributed by atoms with E-state index in [0.29, 0.717) is 24.3 Å². The van der Waals surface area contributed by atoms with Crippen LogP contribution in [0.5, 0.6) is 5.75 Å². The minimum Gasteiger partial charge on any atom is -0.481 e. The summed E-state index contributed by atoms with van der Waals surface area (Å²) in [5.41, 5.74) is 0.798. The highest BCUT2D eigenvalue weighted by Gasteiger charge is 2.11. The van der Waals surface area contributed by atoms with E-state index in [2.05, 4.69) is 10.1 Å². The summed E-state index contributed by atoms with van der Waals surface area (Å²) < 4.78 is 28.6. The van der Waals surface area contributed by atoms with Gasteiger partial charge in [0.05, 0.1) is 4.88 Å². The first-order valence-electron chi connectivity index (χ1n) is 7.61. The zero-order valence-corrected chi connectivity index (χ0v) is 14.0. The van der Waals surface area contributed by atoms with Crippen LogP contribution in [0.3, 0.4) is 0 Å². The maximum absolute atomic E-state index is 12.1. The number of nitrogens with one attached hydrogen (secondary N) is 1. The Kier molecular flexibility index (Phi) is 6.88. The van der Waals surface area contributed by atoms with Crippen LogP contribution in [-0.4, -0.2) is 30.1 Å². The van der Waals surface area contributed by atoms with Crippen LogP contribution in [0.15, 0.2) is 36.4 Å². The molecule has 0 aliphatic rings. The molecule has 134 valence electrons. The third kappa shape index (κ3) is 6.15. The van der Waals surface area contributed by atoms with Crippen molar-refractivity contribution in [2.75, 3.05) is 6.54 Å². The quantitative estimate of drug-likeness (QED) is 0.655. The van der Waals surface area contributed by atoms with Crippen LogP contribution in [0.4, 0.5) is 8.78 Å². The van der Waals surface area contributed by atoms with Gasteiger partial charge in [0.25, 0.3) is 5.91 Å². The third-order valence-electron chi connectivity index (χ3n) is 3.30. The van der Waals surface area contributed by atoms with Crippen LogP contribution in [0.2, 0.25) is 0 Å². The van der Waals surface area contributed by atoms with Gasteiger partial charge < -0.3 is 15.2 Å². The predicted molar refractivity (Wildman–Crippen MR) is 90.2 cm³/mol. The number of halogens is 2. The number of hydrogen-bond donors (Lipinski definition) is 2. The van der Waals surface area contributed by atoms with E-state index in [9.17, 15) is 18.4 Å². The molecule has 25 heavy (non-hydrogen) atoms. The number of alkyl halides is 2. The summed E-state index contributed by atoms with van der Waals surface area (Å²) in [4.78, 5) is 23.8. The Morgan fingerprint density at radius 2 is 1.84 bits per heavy atom. The summed E-state index contributed by atoms with van der Waals surface area (Å²) in [7, 11) is 0. The van der Waals surface area contributed by atoms with Crippen LogP contribution < -0.4 is 10.1 Å². The van der Waals surface area contributed by atoms with E-state index in [-0.39, 0.29) is 18.1 Å². The van der Waals surface area contributed by atoms with Crippen molar-refractivity contribution in [3.05, 3.63) is 41.3 Å². The molecule has 1 heterocycles. The van der Waals surface area contributed by atoms with E-state index >= 15 is 0 Å². The lowest BCUT2D eigenvalue weighted by molar-refractivity contribution is -0.137. The Labute approximate surface area is 147 Å². The topological polar surface area (TPSA) is 75.6 Å². The molecule has 0 atom stereocenters. The van der Waals surface area contributed by atoms with Gasteiger partial charge in [0.2, 0.25) is 0 Å². The fourth-order valence-electron chi connectivity index (χ4n) is 2.11. The van der Waals surface area contributed by atoms with Crippen molar-refractivity contribution in [2.45, 2.75) is 25.9 Å². The molecule has 0 radical (unpaired) electrons. The summed E-state index contributed by atoms with van der Waals surface area (Å²) in [6, 6.07) is 9.67. The van der Waals surface area contributed by atoms with E-state index in [1.807, 2.05) is 0 Å². The number of benzene rings is 1. The molecule has 1 aromatic carbocycles. The van der Waals surface area contributed by atoms with Gasteiger partial charge in [0.15, 0.2) is 0 Å². The molecule has 0 bridgehead atoms. The fraction of sp³-hybridized carbons (Fsp3) is 0.294. The highest BCUT2D eigenvalue weighted by molar-refractivity contribution is 7.17. The molecule has 0 saturated carbocycles. The maximum Gasteiger partial charge on any atom is 0.387 e. The molecular formula is C17H17F2NO4S. The van der Waals surface area contributed by atoms with E-state index in [0.717, 1.165) is 10.4 Å². The van der Waals surface area contributed by atoms with Crippen LogP contribution >= 0.6 is 11.3 Å². The van der Waals surface area contributed by atoms with E-state index in [4.69, 9.17) is 5.11 Å². The minimum absolute atomic E-state index is 0.0784. The Hall–Kier alpha value is -2.48. The largest absolute Gasteiger partial charge is 0.481 e. The molecule has 8 heteroatoms. The molecule has 0 fully saturated rings. The number of carboxylic acids is 1.